The minimum atomic E-state index is -2.25. The normalized spacial score (nSPS) is 43.4. The average Bonchev–Trinajstić information content (AvgIpc) is 3.18. The molecule has 1 aliphatic heterocycles. The molecule has 2 atom stereocenters. The summed E-state index contributed by atoms with van der Waals surface area (Å²) >= 11 is 0. The van der Waals surface area contributed by atoms with E-state index in [0.717, 1.165) is 0 Å². The summed E-state index contributed by atoms with van der Waals surface area (Å²) in [6.07, 6.45) is 4.92. The fourth-order valence-electron chi connectivity index (χ4n) is 2.88. The van der Waals surface area contributed by atoms with Crippen molar-refractivity contribution in [1.29, 1.82) is 0 Å². The van der Waals surface area contributed by atoms with Crippen LogP contribution in [-0.2, 0) is 12.3 Å². The van der Waals surface area contributed by atoms with E-state index in [-0.39, 0.29) is 0 Å². The molecule has 2 aliphatic carbocycles. The maximum absolute atomic E-state index is 6.58. The number of hydrogen-bond acceptors (Lipinski definition) is 3. The molecule has 18 heavy (non-hydrogen) atoms. The Balaban J connectivity index is 1.97. The molecule has 3 fully saturated rings. The van der Waals surface area contributed by atoms with Crippen LogP contribution in [0.15, 0.2) is 24.6 Å². The van der Waals surface area contributed by atoms with Crippen molar-refractivity contribution in [1.82, 2.24) is 0 Å². The van der Waals surface area contributed by atoms with Gasteiger partial charge in [-0.05, 0) is 38.8 Å². The molecule has 1 saturated heterocycles. The first-order chi connectivity index (χ1) is 8.45. The van der Waals surface area contributed by atoms with E-state index in [4.69, 9.17) is 12.3 Å². The Bertz CT molecular complexity index is 358. The molecule has 0 bridgehead atoms. The van der Waals surface area contributed by atoms with Crippen molar-refractivity contribution in [3.8, 4) is 0 Å². The van der Waals surface area contributed by atoms with Crippen molar-refractivity contribution < 1.29 is 12.3 Å². The van der Waals surface area contributed by atoms with E-state index in [2.05, 4.69) is 26.3 Å². The molecule has 0 amide bonds. The fourth-order valence-corrected chi connectivity index (χ4v) is 19.3. The van der Waals surface area contributed by atoms with Crippen LogP contribution in [0.2, 0.25) is 24.2 Å². The van der Waals surface area contributed by atoms with Crippen molar-refractivity contribution in [2.75, 3.05) is 0 Å². The van der Waals surface area contributed by atoms with Crippen LogP contribution >= 0.6 is 0 Å². The van der Waals surface area contributed by atoms with Gasteiger partial charge in [0, 0.05) is 11.1 Å². The molecule has 0 N–H and O–H groups in total. The molecule has 0 spiro atoms. The van der Waals surface area contributed by atoms with Gasteiger partial charge in [0.25, 0.3) is 0 Å². The Morgan fingerprint density at radius 1 is 0.833 bits per heavy atom. The second-order valence-corrected chi connectivity index (χ2v) is 16.7. The summed E-state index contributed by atoms with van der Waals surface area (Å²) in [7, 11) is -6.59. The zero-order valence-electron chi connectivity index (χ0n) is 11.3. The largest absolute Gasteiger partial charge is 0.412 e. The van der Waals surface area contributed by atoms with E-state index >= 15 is 0 Å². The highest BCUT2D eigenvalue weighted by atomic mass is 28.5. The lowest BCUT2D eigenvalue weighted by Crippen LogP contribution is -2.68. The summed E-state index contributed by atoms with van der Waals surface area (Å²) in [6, 6.07) is 0. The minimum Gasteiger partial charge on any atom is -0.412 e. The molecule has 0 aromatic carbocycles. The third kappa shape index (κ3) is 2.04. The van der Waals surface area contributed by atoms with Crippen LogP contribution in [0.5, 0.6) is 0 Å². The standard InChI is InChI=1S/C12H22O3Si3/c1-5-17(11-7-8-11)13-16(3,4)14-18(6-2,15-17)12-9-10-12/h5-6,11-12H,1-2,7-10H2,3-4H3. The van der Waals surface area contributed by atoms with Crippen molar-refractivity contribution in [2.24, 2.45) is 0 Å². The molecule has 2 saturated carbocycles. The van der Waals surface area contributed by atoms with Gasteiger partial charge in [0.1, 0.15) is 0 Å². The number of hydrogen-bond donors (Lipinski definition) is 0. The summed E-state index contributed by atoms with van der Waals surface area (Å²) in [5.74, 6) is 0. The molecular formula is C12H22O3Si3. The third-order valence-corrected chi connectivity index (χ3v) is 17.6. The molecule has 0 aromatic heterocycles. The predicted octanol–water partition coefficient (Wildman–Crippen LogP) is 3.41. The summed E-state index contributed by atoms with van der Waals surface area (Å²) in [6.45, 7) is 12.4. The first kappa shape index (κ1) is 13.0. The quantitative estimate of drug-likeness (QED) is 0.744. The summed E-state index contributed by atoms with van der Waals surface area (Å²) < 4.78 is 19.3. The summed E-state index contributed by atoms with van der Waals surface area (Å²) in [5, 5.41) is 0. The molecule has 1 heterocycles. The van der Waals surface area contributed by atoms with Gasteiger partial charge < -0.3 is 12.3 Å². The molecule has 0 aromatic rings. The van der Waals surface area contributed by atoms with Crippen molar-refractivity contribution >= 4 is 25.7 Å². The highest BCUT2D eigenvalue weighted by Crippen LogP contribution is 2.56. The van der Waals surface area contributed by atoms with Crippen molar-refractivity contribution in [2.45, 2.75) is 49.9 Å². The Kier molecular flexibility index (Phi) is 2.89. The third-order valence-electron chi connectivity index (χ3n) is 3.99. The summed E-state index contributed by atoms with van der Waals surface area (Å²) in [5.41, 5.74) is 5.23. The van der Waals surface area contributed by atoms with Crippen LogP contribution in [0.3, 0.4) is 0 Å². The SMILES string of the molecule is C=C[Si]1(C2CC2)O[Si](C)(C)O[Si](C=C)(C2CC2)O1. The average molecular weight is 299 g/mol. The molecule has 3 nitrogen and oxygen atoms in total. The zero-order valence-corrected chi connectivity index (χ0v) is 14.3. The second-order valence-electron chi connectivity index (χ2n) is 6.11. The van der Waals surface area contributed by atoms with Gasteiger partial charge in [-0.15, -0.1) is 13.2 Å². The monoisotopic (exact) mass is 298 g/mol. The Hall–Kier alpha value is 0.0106. The van der Waals surface area contributed by atoms with Crippen LogP contribution in [0, 0.1) is 0 Å². The van der Waals surface area contributed by atoms with Crippen LogP contribution in [0.4, 0.5) is 0 Å². The zero-order chi connectivity index (χ0) is 13.0. The van der Waals surface area contributed by atoms with E-state index in [1.165, 1.54) is 25.7 Å². The Morgan fingerprint density at radius 2 is 1.22 bits per heavy atom. The lowest BCUT2D eigenvalue weighted by atomic mass is 11.0. The lowest BCUT2D eigenvalue weighted by Gasteiger charge is -2.49. The maximum atomic E-state index is 6.58. The van der Waals surface area contributed by atoms with Gasteiger partial charge in [0.05, 0.1) is 0 Å². The summed E-state index contributed by atoms with van der Waals surface area (Å²) in [4.78, 5) is 0. The van der Waals surface area contributed by atoms with Gasteiger partial charge in [-0.25, -0.2) is 0 Å². The molecule has 0 radical (unpaired) electrons. The van der Waals surface area contributed by atoms with Gasteiger partial charge in [-0.3, -0.25) is 0 Å². The topological polar surface area (TPSA) is 27.7 Å². The van der Waals surface area contributed by atoms with Crippen LogP contribution < -0.4 is 0 Å². The molecule has 2 unspecified atom stereocenters. The molecule has 100 valence electrons. The van der Waals surface area contributed by atoms with E-state index in [1.807, 2.05) is 11.4 Å². The van der Waals surface area contributed by atoms with Gasteiger partial charge in [0.15, 0.2) is 0 Å². The highest BCUT2D eigenvalue weighted by Gasteiger charge is 2.66. The van der Waals surface area contributed by atoms with E-state index < -0.39 is 25.7 Å². The number of rotatable bonds is 4. The molecule has 3 rings (SSSR count). The minimum absolute atomic E-state index is 0.608. The maximum Gasteiger partial charge on any atom is 0.350 e. The van der Waals surface area contributed by atoms with Crippen LogP contribution in [0.1, 0.15) is 25.7 Å². The predicted molar refractivity (Wildman–Crippen MR) is 78.6 cm³/mol. The van der Waals surface area contributed by atoms with E-state index in [0.29, 0.717) is 11.1 Å². The van der Waals surface area contributed by atoms with E-state index in [9.17, 15) is 0 Å². The van der Waals surface area contributed by atoms with Crippen LogP contribution in [-0.4, -0.2) is 25.7 Å². The van der Waals surface area contributed by atoms with Crippen LogP contribution in [0.25, 0.3) is 0 Å². The Labute approximate surface area is 113 Å². The van der Waals surface area contributed by atoms with Gasteiger partial charge >= 0.3 is 25.7 Å². The second kappa shape index (κ2) is 4.00. The molecule has 6 heteroatoms. The molecule has 3 aliphatic rings. The Morgan fingerprint density at radius 3 is 1.50 bits per heavy atom. The van der Waals surface area contributed by atoms with E-state index in [1.54, 1.807) is 0 Å². The van der Waals surface area contributed by atoms with Crippen molar-refractivity contribution in [3.05, 3.63) is 24.6 Å². The highest BCUT2D eigenvalue weighted by molar-refractivity contribution is 6.98. The lowest BCUT2D eigenvalue weighted by molar-refractivity contribution is 0.233. The first-order valence-electron chi connectivity index (χ1n) is 6.83. The molecular weight excluding hydrogens is 276 g/mol. The van der Waals surface area contributed by atoms with Gasteiger partial charge in [0.2, 0.25) is 0 Å². The smallest absolute Gasteiger partial charge is 0.350 e. The first-order valence-corrected chi connectivity index (χ1v) is 13.6. The van der Waals surface area contributed by atoms with Gasteiger partial charge in [-0.1, -0.05) is 11.4 Å². The van der Waals surface area contributed by atoms with Crippen molar-refractivity contribution in [3.63, 3.8) is 0 Å². The fraction of sp³-hybridized carbons (Fsp3) is 0.667. The van der Waals surface area contributed by atoms with Gasteiger partial charge in [-0.2, -0.15) is 0 Å².